The van der Waals surface area contributed by atoms with E-state index in [1.165, 1.54) is 0 Å². The molecular weight excluding hydrogens is 204 g/mol. The molecule has 0 aromatic carbocycles. The van der Waals surface area contributed by atoms with E-state index >= 15 is 0 Å². The fourth-order valence-corrected chi connectivity index (χ4v) is 1.56. The topological polar surface area (TPSA) is 104 Å². The maximum atomic E-state index is 9.56. The summed E-state index contributed by atoms with van der Waals surface area (Å²) in [4.78, 5) is 3.96. The average Bonchev–Trinajstić information content (AvgIpc) is 2.82. The lowest BCUT2D eigenvalue weighted by molar-refractivity contribution is -0.0279. The molecule has 4 N–H and O–H groups in total. The van der Waals surface area contributed by atoms with E-state index in [0.717, 1.165) is 0 Å². The molecule has 0 aliphatic carbocycles. The predicted octanol–water partition coefficient (Wildman–Crippen LogP) is -2.60. The van der Waals surface area contributed by atoms with Crippen LogP contribution in [0.4, 0.5) is 0 Å². The summed E-state index contributed by atoms with van der Waals surface area (Å²) in [7, 11) is 0. The molecule has 0 radical (unpaired) electrons. The molecule has 0 aromatic heterocycles. The van der Waals surface area contributed by atoms with Crippen LogP contribution in [0.25, 0.3) is 0 Å². The van der Waals surface area contributed by atoms with Crippen LogP contribution >= 0.6 is 0 Å². The predicted molar refractivity (Wildman–Crippen MR) is 49.2 cm³/mol. The van der Waals surface area contributed by atoms with Crippen LogP contribution < -0.4 is 5.32 Å². The molecule has 7 heteroatoms. The third kappa shape index (κ3) is 2.05. The van der Waals surface area contributed by atoms with Crippen LogP contribution in [0.2, 0.25) is 0 Å². The van der Waals surface area contributed by atoms with Crippen molar-refractivity contribution in [3.63, 3.8) is 0 Å². The molecule has 4 atom stereocenters. The fourth-order valence-electron chi connectivity index (χ4n) is 1.56. The third-order valence-electron chi connectivity index (χ3n) is 2.39. The highest BCUT2D eigenvalue weighted by Gasteiger charge is 2.43. The van der Waals surface area contributed by atoms with E-state index in [2.05, 4.69) is 10.3 Å². The van der Waals surface area contributed by atoms with Crippen LogP contribution in [-0.4, -0.2) is 65.6 Å². The molecule has 15 heavy (non-hydrogen) atoms. The van der Waals surface area contributed by atoms with Gasteiger partial charge in [0.2, 0.25) is 0 Å². The maximum absolute atomic E-state index is 9.56. The van der Waals surface area contributed by atoms with E-state index in [0.29, 0.717) is 19.2 Å². The Kier molecular flexibility index (Phi) is 3.06. The van der Waals surface area contributed by atoms with Crippen LogP contribution in [0.3, 0.4) is 0 Å². The molecule has 0 amide bonds. The number of aliphatic imine (C=N–C) groups is 1. The Morgan fingerprint density at radius 1 is 1.40 bits per heavy atom. The van der Waals surface area contributed by atoms with Crippen LogP contribution in [0, 0.1) is 0 Å². The zero-order chi connectivity index (χ0) is 10.8. The Balaban J connectivity index is 1.93. The van der Waals surface area contributed by atoms with Gasteiger partial charge >= 0.3 is 0 Å². The van der Waals surface area contributed by atoms with Gasteiger partial charge in [-0.15, -0.1) is 0 Å². The summed E-state index contributed by atoms with van der Waals surface area (Å²) in [5, 5.41) is 30.6. The first-order valence-corrected chi connectivity index (χ1v) is 4.78. The summed E-state index contributed by atoms with van der Waals surface area (Å²) in [6.07, 6.45) is -3.78. The van der Waals surface area contributed by atoms with Gasteiger partial charge < -0.3 is 30.1 Å². The van der Waals surface area contributed by atoms with Crippen molar-refractivity contribution in [1.82, 2.24) is 5.32 Å². The van der Waals surface area contributed by atoms with Crippen molar-refractivity contribution in [2.45, 2.75) is 24.5 Å². The highest BCUT2D eigenvalue weighted by Crippen LogP contribution is 2.19. The van der Waals surface area contributed by atoms with Gasteiger partial charge in [-0.05, 0) is 0 Å². The number of nitrogens with one attached hydrogen (secondary N) is 1. The lowest BCUT2D eigenvalue weighted by Crippen LogP contribution is -2.43. The minimum atomic E-state index is -1.10. The number of aliphatic hydroxyl groups is 3. The summed E-state index contributed by atoms with van der Waals surface area (Å²) < 4.78 is 10.2. The quantitative estimate of drug-likeness (QED) is 0.405. The number of nitrogens with zero attached hydrogens (tertiary/aromatic N) is 1. The van der Waals surface area contributed by atoms with Gasteiger partial charge in [-0.2, -0.15) is 0 Å². The molecule has 7 nitrogen and oxygen atoms in total. The standard InChI is InChI=1S/C8H14N2O5/c11-3-4-5(12)6(13)7(15-4)10-8-9-1-2-14-8/h4-7,11-13H,1-3H2,(H,9,10)/t4-,5-,6+,7?/m1/s1. The highest BCUT2D eigenvalue weighted by molar-refractivity contribution is 5.75. The van der Waals surface area contributed by atoms with Crippen molar-refractivity contribution in [3.8, 4) is 0 Å². The summed E-state index contributed by atoms with van der Waals surface area (Å²) in [5.74, 6) is 0. The Morgan fingerprint density at radius 2 is 2.20 bits per heavy atom. The third-order valence-corrected chi connectivity index (χ3v) is 2.39. The zero-order valence-corrected chi connectivity index (χ0v) is 8.04. The molecule has 1 unspecified atom stereocenters. The molecule has 0 spiro atoms. The molecule has 86 valence electrons. The SMILES string of the molecule is OC[C@H]1OC(NC2=NCCO2)[C@@H](O)[C@@H]1O. The molecule has 2 rings (SSSR count). The first-order valence-electron chi connectivity index (χ1n) is 4.78. The molecular formula is C8H14N2O5. The van der Waals surface area contributed by atoms with Crippen molar-refractivity contribution in [1.29, 1.82) is 0 Å². The largest absolute Gasteiger partial charge is 0.463 e. The molecule has 0 bridgehead atoms. The second-order valence-corrected chi connectivity index (χ2v) is 3.44. The summed E-state index contributed by atoms with van der Waals surface area (Å²) in [5.41, 5.74) is 0. The molecule has 2 aliphatic rings. The molecule has 0 saturated carbocycles. The number of aliphatic hydroxyl groups excluding tert-OH is 3. The lowest BCUT2D eigenvalue weighted by Gasteiger charge is -2.16. The van der Waals surface area contributed by atoms with Gasteiger partial charge in [0, 0.05) is 0 Å². The van der Waals surface area contributed by atoms with Crippen LogP contribution in [0.1, 0.15) is 0 Å². The monoisotopic (exact) mass is 218 g/mol. The normalized spacial score (nSPS) is 40.1. The minimum absolute atomic E-state index is 0.296. The van der Waals surface area contributed by atoms with E-state index < -0.39 is 24.5 Å². The number of hydrogen-bond donors (Lipinski definition) is 4. The second-order valence-electron chi connectivity index (χ2n) is 3.44. The number of amidine groups is 1. The molecule has 1 saturated heterocycles. The number of ether oxygens (including phenoxy) is 2. The van der Waals surface area contributed by atoms with E-state index in [1.54, 1.807) is 0 Å². The van der Waals surface area contributed by atoms with Gasteiger partial charge in [-0.1, -0.05) is 0 Å². The molecule has 2 aliphatic heterocycles. The maximum Gasteiger partial charge on any atom is 0.286 e. The first-order chi connectivity index (χ1) is 7.22. The van der Waals surface area contributed by atoms with Gasteiger partial charge in [0.05, 0.1) is 13.2 Å². The van der Waals surface area contributed by atoms with Crippen molar-refractivity contribution < 1.29 is 24.8 Å². The van der Waals surface area contributed by atoms with Gasteiger partial charge in [0.1, 0.15) is 24.9 Å². The van der Waals surface area contributed by atoms with E-state index in [-0.39, 0.29) is 6.61 Å². The molecule has 1 fully saturated rings. The van der Waals surface area contributed by atoms with E-state index in [4.69, 9.17) is 14.6 Å². The summed E-state index contributed by atoms with van der Waals surface area (Å²) in [6, 6.07) is 0.296. The smallest absolute Gasteiger partial charge is 0.286 e. The van der Waals surface area contributed by atoms with E-state index in [9.17, 15) is 10.2 Å². The molecule has 2 heterocycles. The Hall–Kier alpha value is -0.890. The van der Waals surface area contributed by atoms with Crippen molar-refractivity contribution in [2.24, 2.45) is 4.99 Å². The van der Waals surface area contributed by atoms with E-state index in [1.807, 2.05) is 0 Å². The average molecular weight is 218 g/mol. The lowest BCUT2D eigenvalue weighted by atomic mass is 10.1. The van der Waals surface area contributed by atoms with Crippen LogP contribution in [-0.2, 0) is 9.47 Å². The van der Waals surface area contributed by atoms with Crippen molar-refractivity contribution >= 4 is 6.02 Å². The zero-order valence-electron chi connectivity index (χ0n) is 8.04. The minimum Gasteiger partial charge on any atom is -0.463 e. The first kappa shape index (κ1) is 10.6. The summed E-state index contributed by atoms with van der Waals surface area (Å²) in [6.45, 7) is 0.720. The van der Waals surface area contributed by atoms with Gasteiger partial charge in [-0.3, -0.25) is 0 Å². The Labute approximate surface area is 86.3 Å². The molecule has 0 aromatic rings. The van der Waals surface area contributed by atoms with Crippen LogP contribution in [0.15, 0.2) is 4.99 Å². The highest BCUT2D eigenvalue weighted by atomic mass is 16.6. The van der Waals surface area contributed by atoms with Crippen LogP contribution in [0.5, 0.6) is 0 Å². The van der Waals surface area contributed by atoms with Gasteiger partial charge in [-0.25, -0.2) is 4.99 Å². The number of hydrogen-bond acceptors (Lipinski definition) is 7. The van der Waals surface area contributed by atoms with Crippen molar-refractivity contribution in [3.05, 3.63) is 0 Å². The van der Waals surface area contributed by atoms with Gasteiger partial charge in [0.25, 0.3) is 6.02 Å². The Bertz CT molecular complexity index is 259. The second kappa shape index (κ2) is 4.31. The van der Waals surface area contributed by atoms with Gasteiger partial charge in [0.15, 0.2) is 6.23 Å². The van der Waals surface area contributed by atoms with Crippen molar-refractivity contribution in [2.75, 3.05) is 19.8 Å². The fraction of sp³-hybridized carbons (Fsp3) is 0.875. The number of rotatable bonds is 2. The summed E-state index contributed by atoms with van der Waals surface area (Å²) >= 11 is 0. The Morgan fingerprint density at radius 3 is 2.73 bits per heavy atom.